The van der Waals surface area contributed by atoms with Crippen molar-refractivity contribution in [3.05, 3.63) is 35.2 Å². The van der Waals surface area contributed by atoms with Crippen LogP contribution < -0.4 is 9.46 Å². The molecule has 148 valence electrons. The first-order valence-electron chi connectivity index (χ1n) is 8.47. The van der Waals surface area contributed by atoms with Crippen molar-refractivity contribution < 1.29 is 21.6 Å². The fourth-order valence-corrected chi connectivity index (χ4v) is 6.61. The number of hydrogen-bond acceptors (Lipinski definition) is 6. The fraction of sp³-hybridized carbons (Fsp3) is 0.471. The zero-order valence-electron chi connectivity index (χ0n) is 15.7. The van der Waals surface area contributed by atoms with Crippen molar-refractivity contribution in [3.8, 4) is 5.75 Å². The van der Waals surface area contributed by atoms with Crippen molar-refractivity contribution in [1.82, 2.24) is 9.78 Å². The molecule has 1 atom stereocenters. The van der Waals surface area contributed by atoms with Crippen LogP contribution in [0.2, 0.25) is 0 Å². The van der Waals surface area contributed by atoms with Gasteiger partial charge in [0, 0.05) is 0 Å². The predicted octanol–water partition coefficient (Wildman–Crippen LogP) is 1.98. The molecule has 1 aromatic carbocycles. The molecular formula is C17H23N3O5S2. The highest BCUT2D eigenvalue weighted by atomic mass is 32.2. The highest BCUT2D eigenvalue weighted by Gasteiger charge is 2.34. The zero-order chi connectivity index (χ0) is 20.0. The summed E-state index contributed by atoms with van der Waals surface area (Å²) >= 11 is 0. The molecule has 1 saturated heterocycles. The SMILES string of the molecule is COc1ccc(C)cc1NS(=O)(=O)c1c(C)nn([C@@H]2CCS(=O)(=O)C2)c1C. The van der Waals surface area contributed by atoms with Gasteiger partial charge in [-0.2, -0.15) is 5.10 Å². The number of methoxy groups -OCH3 is 1. The van der Waals surface area contributed by atoms with Gasteiger partial charge in [0.15, 0.2) is 9.84 Å². The van der Waals surface area contributed by atoms with Gasteiger partial charge >= 0.3 is 0 Å². The monoisotopic (exact) mass is 413 g/mol. The van der Waals surface area contributed by atoms with Gasteiger partial charge in [-0.1, -0.05) is 6.07 Å². The molecule has 8 nitrogen and oxygen atoms in total. The molecule has 0 amide bonds. The Morgan fingerprint density at radius 3 is 2.56 bits per heavy atom. The van der Waals surface area contributed by atoms with E-state index in [0.717, 1.165) is 5.56 Å². The number of sulfone groups is 1. The Hall–Kier alpha value is -2.07. The Morgan fingerprint density at radius 2 is 1.96 bits per heavy atom. The summed E-state index contributed by atoms with van der Waals surface area (Å²) in [4.78, 5) is 0.0651. The van der Waals surface area contributed by atoms with Crippen LogP contribution in [0.3, 0.4) is 0 Å². The van der Waals surface area contributed by atoms with Gasteiger partial charge in [-0.15, -0.1) is 0 Å². The standard InChI is InChI=1S/C17H23N3O5S2/c1-11-5-6-16(25-4)15(9-11)19-27(23,24)17-12(2)18-20(13(17)3)14-7-8-26(21,22)10-14/h5-6,9,14,19H,7-8,10H2,1-4H3/t14-/m1/s1. The molecular weight excluding hydrogens is 390 g/mol. The Morgan fingerprint density at radius 1 is 1.26 bits per heavy atom. The third-order valence-electron chi connectivity index (χ3n) is 4.68. The van der Waals surface area contributed by atoms with E-state index in [0.29, 0.717) is 29.2 Å². The van der Waals surface area contributed by atoms with Gasteiger partial charge in [-0.05, 0) is 44.9 Å². The summed E-state index contributed by atoms with van der Waals surface area (Å²) in [5, 5.41) is 4.33. The number of ether oxygens (including phenoxy) is 1. The molecule has 3 rings (SSSR count). The largest absolute Gasteiger partial charge is 0.495 e. The number of benzene rings is 1. The molecule has 1 N–H and O–H groups in total. The molecule has 1 aromatic heterocycles. The summed E-state index contributed by atoms with van der Waals surface area (Å²) in [6, 6.07) is 4.87. The van der Waals surface area contributed by atoms with E-state index in [1.165, 1.54) is 11.8 Å². The Balaban J connectivity index is 2.00. The number of nitrogens with one attached hydrogen (secondary N) is 1. The van der Waals surface area contributed by atoms with E-state index in [4.69, 9.17) is 4.74 Å². The van der Waals surface area contributed by atoms with E-state index in [1.54, 1.807) is 26.0 Å². The minimum atomic E-state index is -3.92. The molecule has 27 heavy (non-hydrogen) atoms. The van der Waals surface area contributed by atoms with Crippen molar-refractivity contribution in [1.29, 1.82) is 0 Å². The second-order valence-corrected chi connectivity index (χ2v) is 10.7. The summed E-state index contributed by atoms with van der Waals surface area (Å²) in [5.41, 5.74) is 1.98. The van der Waals surface area contributed by atoms with E-state index in [-0.39, 0.29) is 22.4 Å². The number of rotatable bonds is 5. The molecule has 0 spiro atoms. The van der Waals surface area contributed by atoms with Crippen molar-refractivity contribution in [3.63, 3.8) is 0 Å². The van der Waals surface area contributed by atoms with Gasteiger partial charge in [0.2, 0.25) is 0 Å². The van der Waals surface area contributed by atoms with E-state index in [2.05, 4.69) is 9.82 Å². The average molecular weight is 414 g/mol. The van der Waals surface area contributed by atoms with Gasteiger partial charge in [-0.25, -0.2) is 16.8 Å². The molecule has 0 saturated carbocycles. The van der Waals surface area contributed by atoms with Gasteiger partial charge < -0.3 is 4.74 Å². The molecule has 2 heterocycles. The van der Waals surface area contributed by atoms with Crippen molar-refractivity contribution in [2.45, 2.75) is 38.1 Å². The lowest BCUT2D eigenvalue weighted by molar-refractivity contribution is 0.417. The van der Waals surface area contributed by atoms with Gasteiger partial charge in [0.05, 0.1) is 41.7 Å². The first-order valence-corrected chi connectivity index (χ1v) is 11.8. The number of aromatic nitrogens is 2. The molecule has 0 bridgehead atoms. The van der Waals surface area contributed by atoms with Crippen LogP contribution in [0.5, 0.6) is 5.75 Å². The number of aryl methyl sites for hydroxylation is 2. The predicted molar refractivity (Wildman–Crippen MR) is 103 cm³/mol. The van der Waals surface area contributed by atoms with E-state index >= 15 is 0 Å². The molecule has 1 aliphatic rings. The smallest absolute Gasteiger partial charge is 0.265 e. The Labute approximate surface area is 159 Å². The lowest BCUT2D eigenvalue weighted by Gasteiger charge is -2.14. The van der Waals surface area contributed by atoms with E-state index in [1.807, 2.05) is 13.0 Å². The lowest BCUT2D eigenvalue weighted by atomic mass is 10.2. The number of anilines is 1. The molecule has 1 fully saturated rings. The number of nitrogens with zero attached hydrogens (tertiary/aromatic N) is 2. The number of hydrogen-bond donors (Lipinski definition) is 1. The van der Waals surface area contributed by atoms with Crippen LogP contribution in [0.4, 0.5) is 5.69 Å². The van der Waals surface area contributed by atoms with E-state index in [9.17, 15) is 16.8 Å². The van der Waals surface area contributed by atoms with E-state index < -0.39 is 19.9 Å². The summed E-state index contributed by atoms with van der Waals surface area (Å²) < 4.78 is 59.0. The first kappa shape index (κ1) is 19.7. The maximum absolute atomic E-state index is 13.0. The van der Waals surface area contributed by atoms with Crippen LogP contribution in [0, 0.1) is 20.8 Å². The van der Waals surface area contributed by atoms with Gasteiger partial charge in [-0.3, -0.25) is 9.40 Å². The Bertz CT molecular complexity index is 1090. The maximum atomic E-state index is 13.0. The second-order valence-electron chi connectivity index (χ2n) is 6.81. The summed E-state index contributed by atoms with van der Waals surface area (Å²) in [6.07, 6.45) is 0.433. The first-order chi connectivity index (χ1) is 12.5. The average Bonchev–Trinajstić information content (AvgIpc) is 3.06. The van der Waals surface area contributed by atoms with Gasteiger partial charge in [0.25, 0.3) is 10.0 Å². The van der Waals surface area contributed by atoms with Crippen LogP contribution in [0.15, 0.2) is 23.1 Å². The number of sulfonamides is 1. The minimum Gasteiger partial charge on any atom is -0.495 e. The highest BCUT2D eigenvalue weighted by Crippen LogP contribution is 2.32. The van der Waals surface area contributed by atoms with Gasteiger partial charge in [0.1, 0.15) is 10.6 Å². The summed E-state index contributed by atoms with van der Waals surface area (Å²) in [5.74, 6) is 0.485. The molecule has 0 radical (unpaired) electrons. The van der Waals surface area contributed by atoms with Crippen molar-refractivity contribution in [2.75, 3.05) is 23.3 Å². The third kappa shape index (κ3) is 3.81. The van der Waals surface area contributed by atoms with Crippen molar-refractivity contribution >= 4 is 25.5 Å². The van der Waals surface area contributed by atoms with Crippen molar-refractivity contribution in [2.24, 2.45) is 0 Å². The topological polar surface area (TPSA) is 107 Å². The molecule has 0 unspecified atom stereocenters. The highest BCUT2D eigenvalue weighted by molar-refractivity contribution is 7.93. The summed E-state index contributed by atoms with van der Waals surface area (Å²) in [6.45, 7) is 5.11. The molecule has 2 aromatic rings. The van der Waals surface area contributed by atoms with Crippen LogP contribution in [-0.4, -0.2) is 45.2 Å². The van der Waals surface area contributed by atoms with Crippen LogP contribution in [0.25, 0.3) is 0 Å². The Kier molecular flexibility index (Phi) is 4.98. The summed E-state index contributed by atoms with van der Waals surface area (Å²) in [7, 11) is -5.56. The second kappa shape index (κ2) is 6.83. The normalized spacial score (nSPS) is 19.2. The minimum absolute atomic E-state index is 0.0203. The molecule has 1 aliphatic heterocycles. The lowest BCUT2D eigenvalue weighted by Crippen LogP contribution is -2.17. The van der Waals surface area contributed by atoms with Crippen LogP contribution in [-0.2, 0) is 19.9 Å². The third-order valence-corrected chi connectivity index (χ3v) is 8.05. The molecule has 10 heteroatoms. The fourth-order valence-electron chi connectivity index (χ4n) is 3.46. The quantitative estimate of drug-likeness (QED) is 0.803. The van der Waals surface area contributed by atoms with Crippen LogP contribution >= 0.6 is 0 Å². The zero-order valence-corrected chi connectivity index (χ0v) is 17.3. The van der Waals surface area contributed by atoms with Crippen LogP contribution in [0.1, 0.15) is 29.4 Å². The molecule has 0 aliphatic carbocycles. The maximum Gasteiger partial charge on any atom is 0.265 e.